The summed E-state index contributed by atoms with van der Waals surface area (Å²) in [4.78, 5) is 21.5. The van der Waals surface area contributed by atoms with Gasteiger partial charge in [-0.25, -0.2) is 14.2 Å². The van der Waals surface area contributed by atoms with Crippen LogP contribution in [0.3, 0.4) is 0 Å². The second kappa shape index (κ2) is 7.63. The molecule has 1 amide bonds. The molecule has 0 radical (unpaired) electrons. The van der Waals surface area contributed by atoms with E-state index in [4.69, 9.17) is 0 Å². The van der Waals surface area contributed by atoms with Crippen molar-refractivity contribution >= 4 is 21.3 Å². The van der Waals surface area contributed by atoms with Crippen molar-refractivity contribution in [1.82, 2.24) is 34.8 Å². The molecule has 1 aliphatic carbocycles. The molecule has 158 valence electrons. The Morgan fingerprint density at radius 1 is 1.30 bits per heavy atom. The Hall–Kier alpha value is -3.08. The van der Waals surface area contributed by atoms with E-state index >= 15 is 0 Å². The molecule has 4 rings (SSSR count). The van der Waals surface area contributed by atoms with Crippen LogP contribution in [0.15, 0.2) is 35.2 Å². The summed E-state index contributed by atoms with van der Waals surface area (Å²) in [5.41, 5.74) is 1.98. The van der Waals surface area contributed by atoms with Crippen LogP contribution in [0.25, 0.3) is 5.82 Å². The predicted molar refractivity (Wildman–Crippen MR) is 112 cm³/mol. The summed E-state index contributed by atoms with van der Waals surface area (Å²) in [6.07, 6.45) is 10.2. The van der Waals surface area contributed by atoms with Gasteiger partial charge in [-0.05, 0) is 37.8 Å². The number of hydrogen-bond acceptors (Lipinski definition) is 7. The first-order valence-electron chi connectivity index (χ1n) is 9.59. The molecule has 0 aliphatic heterocycles. The molecule has 1 fully saturated rings. The molecule has 1 aliphatic rings. The molecule has 3 aromatic rings. The van der Waals surface area contributed by atoms with E-state index in [1.807, 2.05) is 20.2 Å². The van der Waals surface area contributed by atoms with Gasteiger partial charge in [-0.2, -0.15) is 19.2 Å². The van der Waals surface area contributed by atoms with Crippen LogP contribution in [0.5, 0.6) is 0 Å². The third-order valence-corrected chi connectivity index (χ3v) is 5.32. The van der Waals surface area contributed by atoms with Gasteiger partial charge in [0.1, 0.15) is 6.33 Å². The first kappa shape index (κ1) is 20.2. The average molecular weight is 429 g/mol. The fourth-order valence-corrected chi connectivity index (χ4v) is 3.86. The predicted octanol–water partition coefficient (Wildman–Crippen LogP) is 2.12. The van der Waals surface area contributed by atoms with Gasteiger partial charge in [0.2, 0.25) is 0 Å². The third kappa shape index (κ3) is 4.40. The van der Waals surface area contributed by atoms with Gasteiger partial charge in [-0.1, -0.05) is 0 Å². The second-order valence-electron chi connectivity index (χ2n) is 7.75. The van der Waals surface area contributed by atoms with Crippen molar-refractivity contribution in [3.63, 3.8) is 0 Å². The van der Waals surface area contributed by atoms with E-state index in [9.17, 15) is 9.00 Å². The molecular formula is C19H24N8O2S. The molecule has 3 aromatic heterocycles. The maximum absolute atomic E-state index is 12.8. The van der Waals surface area contributed by atoms with Gasteiger partial charge >= 0.3 is 0 Å². The molecule has 30 heavy (non-hydrogen) atoms. The summed E-state index contributed by atoms with van der Waals surface area (Å²) < 4.78 is 19.2. The lowest BCUT2D eigenvalue weighted by atomic mass is 10.1. The van der Waals surface area contributed by atoms with Gasteiger partial charge in [0.05, 0.1) is 17.9 Å². The first-order valence-corrected chi connectivity index (χ1v) is 11.9. The Morgan fingerprint density at radius 3 is 2.70 bits per heavy atom. The van der Waals surface area contributed by atoms with E-state index in [1.54, 1.807) is 34.0 Å². The van der Waals surface area contributed by atoms with Crippen LogP contribution in [-0.4, -0.2) is 52.2 Å². The number of hydrogen-bond donors (Lipinski definition) is 1. The fraction of sp³-hybridized carbons (Fsp3) is 0.421. The highest BCUT2D eigenvalue weighted by atomic mass is 32.2. The van der Waals surface area contributed by atoms with Crippen molar-refractivity contribution < 1.29 is 9.00 Å². The quantitative estimate of drug-likeness (QED) is 0.642. The summed E-state index contributed by atoms with van der Waals surface area (Å²) in [5.74, 6) is 1.26. The van der Waals surface area contributed by atoms with Crippen LogP contribution in [0.2, 0.25) is 0 Å². The lowest BCUT2D eigenvalue weighted by molar-refractivity contribution is 0.0931. The molecular weight excluding hydrogens is 404 g/mol. The summed E-state index contributed by atoms with van der Waals surface area (Å²) in [6.45, 7) is 1.84. The molecule has 1 unspecified atom stereocenters. The normalized spacial score (nSPS) is 15.1. The molecule has 0 aromatic carbocycles. The summed E-state index contributed by atoms with van der Waals surface area (Å²) in [7, 11) is -0.445. The standard InChI is InChI=1S/C19H24N8O2S/c1-12(23-19(28)17-15(13-5-6-13)10-26(2)24-17)18-21-11-22-27(18)16-8-7-14(9-20-16)25-30(3,4)29/h7-13H,5-6H2,1-4H3,(H,23,28). The number of nitrogens with one attached hydrogen (secondary N) is 1. The fourth-order valence-electron chi connectivity index (χ4n) is 3.24. The number of rotatable bonds is 6. The molecule has 1 atom stereocenters. The van der Waals surface area contributed by atoms with Crippen molar-refractivity contribution in [2.24, 2.45) is 11.4 Å². The SMILES string of the molecule is CC(NC(=O)c1nn(C)cc1C1CC1)c1ncnn1-c1ccc(N=S(C)(C)=O)cn1. The summed E-state index contributed by atoms with van der Waals surface area (Å²) in [5, 5.41) is 11.5. The van der Waals surface area contributed by atoms with E-state index in [1.165, 1.54) is 12.5 Å². The van der Waals surface area contributed by atoms with Crippen molar-refractivity contribution in [1.29, 1.82) is 0 Å². The van der Waals surface area contributed by atoms with Crippen LogP contribution in [0.4, 0.5) is 5.69 Å². The second-order valence-corrected chi connectivity index (χ2v) is 10.3. The van der Waals surface area contributed by atoms with E-state index in [2.05, 4.69) is 29.8 Å². The number of aromatic nitrogens is 6. The topological polar surface area (TPSA) is 120 Å². The molecule has 1 N–H and O–H groups in total. The molecule has 0 saturated heterocycles. The number of pyridine rings is 1. The number of carbonyl (C=O) groups excluding carboxylic acids is 1. The van der Waals surface area contributed by atoms with Crippen molar-refractivity contribution in [2.75, 3.05) is 12.5 Å². The number of amides is 1. The first-order chi connectivity index (χ1) is 14.2. The molecule has 1 saturated carbocycles. The van der Waals surface area contributed by atoms with Gasteiger partial charge in [-0.15, -0.1) is 0 Å². The van der Waals surface area contributed by atoms with Crippen LogP contribution < -0.4 is 5.32 Å². The van der Waals surface area contributed by atoms with E-state index in [-0.39, 0.29) is 5.91 Å². The van der Waals surface area contributed by atoms with Crippen LogP contribution in [0.1, 0.15) is 53.6 Å². The number of nitrogens with zero attached hydrogens (tertiary/aromatic N) is 7. The zero-order valence-corrected chi connectivity index (χ0v) is 18.1. The number of aryl methyl sites for hydroxylation is 1. The van der Waals surface area contributed by atoms with E-state index in [0.717, 1.165) is 18.4 Å². The summed E-state index contributed by atoms with van der Waals surface area (Å²) in [6, 6.07) is 3.03. The molecule has 11 heteroatoms. The Bertz CT molecular complexity index is 1190. The molecule has 0 spiro atoms. The van der Waals surface area contributed by atoms with Crippen molar-refractivity contribution in [2.45, 2.75) is 31.7 Å². The molecule has 3 heterocycles. The summed E-state index contributed by atoms with van der Waals surface area (Å²) >= 11 is 0. The van der Waals surface area contributed by atoms with Gasteiger partial charge in [-0.3, -0.25) is 9.48 Å². The maximum atomic E-state index is 12.8. The largest absolute Gasteiger partial charge is 0.341 e. The maximum Gasteiger partial charge on any atom is 0.272 e. The monoisotopic (exact) mass is 428 g/mol. The Morgan fingerprint density at radius 2 is 2.07 bits per heavy atom. The van der Waals surface area contributed by atoms with E-state index in [0.29, 0.717) is 28.9 Å². The highest BCUT2D eigenvalue weighted by Crippen LogP contribution is 2.41. The average Bonchev–Trinajstić information content (AvgIpc) is 3.25. The van der Waals surface area contributed by atoms with Gasteiger partial charge < -0.3 is 5.32 Å². The minimum Gasteiger partial charge on any atom is -0.341 e. The highest BCUT2D eigenvalue weighted by molar-refractivity contribution is 7.92. The Kier molecular flexibility index (Phi) is 5.14. The van der Waals surface area contributed by atoms with Crippen molar-refractivity contribution in [3.05, 3.63) is 47.9 Å². The smallest absolute Gasteiger partial charge is 0.272 e. The zero-order chi connectivity index (χ0) is 21.5. The zero-order valence-electron chi connectivity index (χ0n) is 17.3. The lowest BCUT2D eigenvalue weighted by Crippen LogP contribution is -2.30. The van der Waals surface area contributed by atoms with Crippen LogP contribution in [0, 0.1) is 0 Å². The van der Waals surface area contributed by atoms with E-state index < -0.39 is 15.8 Å². The molecule has 10 nitrogen and oxygen atoms in total. The minimum atomic E-state index is -2.26. The van der Waals surface area contributed by atoms with Crippen LogP contribution in [-0.2, 0) is 16.8 Å². The van der Waals surface area contributed by atoms with Gasteiger partial charge in [0.25, 0.3) is 5.91 Å². The highest BCUT2D eigenvalue weighted by Gasteiger charge is 2.31. The van der Waals surface area contributed by atoms with Crippen molar-refractivity contribution in [3.8, 4) is 5.82 Å². The lowest BCUT2D eigenvalue weighted by Gasteiger charge is -2.14. The minimum absolute atomic E-state index is 0.234. The third-order valence-electron chi connectivity index (χ3n) is 4.67. The van der Waals surface area contributed by atoms with Gasteiger partial charge in [0, 0.05) is 41.0 Å². The Labute approximate surface area is 174 Å². The number of carbonyl (C=O) groups is 1. The van der Waals surface area contributed by atoms with Gasteiger partial charge in [0.15, 0.2) is 17.3 Å². The molecule has 0 bridgehead atoms. The Balaban J connectivity index is 1.54. The van der Waals surface area contributed by atoms with Crippen LogP contribution >= 0.6 is 0 Å².